The van der Waals surface area contributed by atoms with Gasteiger partial charge in [-0.05, 0) is 53.2 Å². The van der Waals surface area contributed by atoms with Crippen LogP contribution in [-0.4, -0.2) is 29.3 Å². The van der Waals surface area contributed by atoms with Crippen molar-refractivity contribution in [2.24, 2.45) is 0 Å². The van der Waals surface area contributed by atoms with E-state index in [-0.39, 0.29) is 11.7 Å². The number of carbonyl (C=O) groups is 1. The van der Waals surface area contributed by atoms with Gasteiger partial charge in [0.05, 0.1) is 0 Å². The molecule has 1 aromatic rings. The summed E-state index contributed by atoms with van der Waals surface area (Å²) in [7, 11) is 0. The molecule has 0 heterocycles. The number of ether oxygens (including phenoxy) is 1. The lowest BCUT2D eigenvalue weighted by molar-refractivity contribution is -0.156. The van der Waals surface area contributed by atoms with Crippen LogP contribution >= 0.6 is 0 Å². The van der Waals surface area contributed by atoms with Crippen LogP contribution in [0.4, 0.5) is 5.69 Å². The first-order valence-corrected chi connectivity index (χ1v) is 6.95. The molecule has 0 aromatic heterocycles. The highest BCUT2D eigenvalue weighted by molar-refractivity contribution is 5.80. The molecule has 0 aliphatic heterocycles. The first-order valence-electron chi connectivity index (χ1n) is 6.95. The van der Waals surface area contributed by atoms with Crippen molar-refractivity contribution >= 4 is 11.7 Å². The zero-order chi connectivity index (χ0) is 15.5. The van der Waals surface area contributed by atoms with E-state index in [0.29, 0.717) is 6.54 Å². The summed E-state index contributed by atoms with van der Waals surface area (Å²) in [5.74, 6) is -0.0671. The molecule has 4 nitrogen and oxygen atoms in total. The zero-order valence-corrected chi connectivity index (χ0v) is 13.2. The van der Waals surface area contributed by atoms with Crippen molar-refractivity contribution in [3.63, 3.8) is 0 Å². The number of likely N-dealkylation sites (N-methyl/N-ethyl adjacent to an activating group) is 1. The average Bonchev–Trinajstić information content (AvgIpc) is 2.32. The smallest absolute Gasteiger partial charge is 0.328 e. The standard InChI is InChI=1S/C16H25NO3/c1-7-17(12(3)15(19)20-16(4,5)6)14-10-13(18)9-8-11(14)2/h8-10,12,18H,7H2,1-6H3. The van der Waals surface area contributed by atoms with Crippen LogP contribution in [0.25, 0.3) is 0 Å². The van der Waals surface area contributed by atoms with E-state index < -0.39 is 11.6 Å². The Labute approximate surface area is 121 Å². The Morgan fingerprint density at radius 3 is 2.50 bits per heavy atom. The van der Waals surface area contributed by atoms with E-state index in [1.165, 1.54) is 0 Å². The first-order chi connectivity index (χ1) is 9.15. The highest BCUT2D eigenvalue weighted by Gasteiger charge is 2.27. The molecule has 20 heavy (non-hydrogen) atoms. The minimum absolute atomic E-state index is 0.195. The lowest BCUT2D eigenvalue weighted by Gasteiger charge is -2.32. The molecule has 0 bridgehead atoms. The summed E-state index contributed by atoms with van der Waals surface area (Å²) in [5, 5.41) is 9.65. The number of phenolic OH excluding ortho intramolecular Hbond substituents is 1. The Hall–Kier alpha value is -1.71. The fourth-order valence-corrected chi connectivity index (χ4v) is 2.07. The minimum atomic E-state index is -0.501. The van der Waals surface area contributed by atoms with E-state index in [4.69, 9.17) is 4.74 Å². The number of benzene rings is 1. The topological polar surface area (TPSA) is 49.8 Å². The number of aromatic hydroxyl groups is 1. The molecule has 0 amide bonds. The SMILES string of the molecule is CCN(c1cc(O)ccc1C)C(C)C(=O)OC(C)(C)C. The van der Waals surface area contributed by atoms with Crippen LogP contribution in [0, 0.1) is 6.92 Å². The Bertz CT molecular complexity index is 477. The Morgan fingerprint density at radius 1 is 1.40 bits per heavy atom. The Kier molecular flexibility index (Phi) is 5.03. The second-order valence-corrected chi connectivity index (χ2v) is 5.97. The molecular formula is C16H25NO3. The van der Waals surface area contributed by atoms with Gasteiger partial charge in [-0.2, -0.15) is 0 Å². The normalized spacial score (nSPS) is 12.9. The van der Waals surface area contributed by atoms with Crippen LogP contribution in [0.15, 0.2) is 18.2 Å². The van der Waals surface area contributed by atoms with E-state index in [1.54, 1.807) is 12.1 Å². The third-order valence-corrected chi connectivity index (χ3v) is 3.06. The summed E-state index contributed by atoms with van der Waals surface area (Å²) in [5.41, 5.74) is 1.37. The number of carbonyl (C=O) groups excluding carboxylic acids is 1. The van der Waals surface area contributed by atoms with Crippen LogP contribution in [0.3, 0.4) is 0 Å². The molecule has 0 aliphatic rings. The van der Waals surface area contributed by atoms with Gasteiger partial charge in [0.2, 0.25) is 0 Å². The second-order valence-electron chi connectivity index (χ2n) is 5.97. The zero-order valence-electron chi connectivity index (χ0n) is 13.2. The number of hydrogen-bond donors (Lipinski definition) is 1. The van der Waals surface area contributed by atoms with Crippen molar-refractivity contribution in [1.29, 1.82) is 0 Å². The van der Waals surface area contributed by atoms with E-state index in [2.05, 4.69) is 0 Å². The number of hydrogen-bond acceptors (Lipinski definition) is 4. The molecule has 0 saturated carbocycles. The first kappa shape index (κ1) is 16.3. The highest BCUT2D eigenvalue weighted by atomic mass is 16.6. The summed E-state index contributed by atoms with van der Waals surface area (Å²) >= 11 is 0. The molecule has 0 radical (unpaired) electrons. The molecule has 1 atom stereocenters. The van der Waals surface area contributed by atoms with Crippen molar-refractivity contribution in [2.75, 3.05) is 11.4 Å². The fourth-order valence-electron chi connectivity index (χ4n) is 2.07. The number of anilines is 1. The monoisotopic (exact) mass is 279 g/mol. The van der Waals surface area contributed by atoms with Crippen LogP contribution in [0.2, 0.25) is 0 Å². The Morgan fingerprint density at radius 2 is 2.00 bits per heavy atom. The summed E-state index contributed by atoms with van der Waals surface area (Å²) in [6.07, 6.45) is 0. The third-order valence-electron chi connectivity index (χ3n) is 3.06. The molecule has 1 N–H and O–H groups in total. The van der Waals surface area contributed by atoms with E-state index >= 15 is 0 Å². The average molecular weight is 279 g/mol. The molecular weight excluding hydrogens is 254 g/mol. The van der Waals surface area contributed by atoms with Gasteiger partial charge in [0, 0.05) is 18.3 Å². The second kappa shape index (κ2) is 6.16. The maximum absolute atomic E-state index is 12.2. The van der Waals surface area contributed by atoms with Crippen molar-refractivity contribution < 1.29 is 14.6 Å². The van der Waals surface area contributed by atoms with Crippen LogP contribution in [0.1, 0.15) is 40.2 Å². The van der Waals surface area contributed by atoms with Gasteiger partial charge < -0.3 is 14.7 Å². The van der Waals surface area contributed by atoms with E-state index in [1.807, 2.05) is 52.5 Å². The van der Waals surface area contributed by atoms with Crippen molar-refractivity contribution in [3.05, 3.63) is 23.8 Å². The number of rotatable bonds is 4. The molecule has 1 rings (SSSR count). The third kappa shape index (κ3) is 4.15. The maximum Gasteiger partial charge on any atom is 0.328 e. The predicted molar refractivity (Wildman–Crippen MR) is 81.2 cm³/mol. The van der Waals surface area contributed by atoms with E-state index in [9.17, 15) is 9.90 Å². The maximum atomic E-state index is 12.2. The molecule has 1 unspecified atom stereocenters. The van der Waals surface area contributed by atoms with Crippen molar-refractivity contribution in [3.8, 4) is 5.75 Å². The van der Waals surface area contributed by atoms with Gasteiger partial charge in [-0.3, -0.25) is 0 Å². The summed E-state index contributed by atoms with van der Waals surface area (Å²) in [4.78, 5) is 14.1. The van der Waals surface area contributed by atoms with Gasteiger partial charge in [-0.25, -0.2) is 4.79 Å². The van der Waals surface area contributed by atoms with Crippen LogP contribution < -0.4 is 4.90 Å². The van der Waals surface area contributed by atoms with Crippen molar-refractivity contribution in [1.82, 2.24) is 0 Å². The largest absolute Gasteiger partial charge is 0.508 e. The molecule has 112 valence electrons. The number of phenols is 1. The number of aryl methyl sites for hydroxylation is 1. The summed E-state index contributed by atoms with van der Waals surface area (Å²) < 4.78 is 5.43. The quantitative estimate of drug-likeness (QED) is 0.859. The van der Waals surface area contributed by atoms with Gasteiger partial charge in [-0.15, -0.1) is 0 Å². The summed E-state index contributed by atoms with van der Waals surface area (Å²) in [6, 6.07) is 4.76. The molecule has 0 aliphatic carbocycles. The molecule has 0 saturated heterocycles. The van der Waals surface area contributed by atoms with Crippen LogP contribution in [0.5, 0.6) is 5.75 Å². The van der Waals surface area contributed by atoms with Gasteiger partial charge in [0.25, 0.3) is 0 Å². The fraction of sp³-hybridized carbons (Fsp3) is 0.562. The predicted octanol–water partition coefficient (Wildman–Crippen LogP) is 3.26. The molecule has 0 fully saturated rings. The number of nitrogens with zero attached hydrogens (tertiary/aromatic N) is 1. The van der Waals surface area contributed by atoms with Gasteiger partial charge >= 0.3 is 5.97 Å². The molecule has 4 heteroatoms. The Balaban J connectivity index is 3.00. The lowest BCUT2D eigenvalue weighted by Crippen LogP contribution is -2.43. The number of esters is 1. The van der Waals surface area contributed by atoms with Gasteiger partial charge in [0.15, 0.2) is 0 Å². The molecule has 1 aromatic carbocycles. The molecule has 0 spiro atoms. The van der Waals surface area contributed by atoms with Gasteiger partial charge in [-0.1, -0.05) is 6.07 Å². The minimum Gasteiger partial charge on any atom is -0.508 e. The highest BCUT2D eigenvalue weighted by Crippen LogP contribution is 2.27. The lowest BCUT2D eigenvalue weighted by atomic mass is 10.1. The van der Waals surface area contributed by atoms with Crippen LogP contribution in [-0.2, 0) is 9.53 Å². The van der Waals surface area contributed by atoms with E-state index in [0.717, 1.165) is 11.3 Å². The summed E-state index contributed by atoms with van der Waals surface area (Å²) in [6.45, 7) is 12.0. The van der Waals surface area contributed by atoms with Gasteiger partial charge in [0.1, 0.15) is 17.4 Å². The van der Waals surface area contributed by atoms with Crippen molar-refractivity contribution in [2.45, 2.75) is 53.2 Å².